The summed E-state index contributed by atoms with van der Waals surface area (Å²) in [4.78, 5) is 52.1. The summed E-state index contributed by atoms with van der Waals surface area (Å²) in [7, 11) is 0. The summed E-state index contributed by atoms with van der Waals surface area (Å²) in [5, 5.41) is 0. The third kappa shape index (κ3) is 12.6. The molecule has 0 unspecified atom stereocenters. The van der Waals surface area contributed by atoms with E-state index in [0.717, 1.165) is 0 Å². The van der Waals surface area contributed by atoms with Gasteiger partial charge in [0.25, 0.3) is 0 Å². The van der Waals surface area contributed by atoms with Crippen LogP contribution in [-0.4, -0.2) is 64.5 Å². The van der Waals surface area contributed by atoms with E-state index in [1.165, 1.54) is 9.80 Å². The quantitative estimate of drug-likeness (QED) is 0.295. The van der Waals surface area contributed by atoms with E-state index < -0.39 is 35.0 Å². The van der Waals surface area contributed by atoms with Crippen molar-refractivity contribution in [2.75, 3.05) is 19.8 Å². The van der Waals surface area contributed by atoms with Crippen molar-refractivity contribution >= 4 is 23.8 Å². The van der Waals surface area contributed by atoms with Gasteiger partial charge < -0.3 is 19.3 Å². The van der Waals surface area contributed by atoms with Gasteiger partial charge in [-0.15, -0.1) is 0 Å². The Balaban J connectivity index is 5.39. The van der Waals surface area contributed by atoms with E-state index in [9.17, 15) is 19.2 Å². The molecule has 0 fully saturated rings. The molecule has 0 heterocycles. The van der Waals surface area contributed by atoms with Gasteiger partial charge in [0, 0.05) is 24.2 Å². The predicted octanol–water partition coefficient (Wildman–Crippen LogP) is 3.22. The minimum Gasteiger partial charge on any atom is -0.460 e. The van der Waals surface area contributed by atoms with Gasteiger partial charge in [0.1, 0.15) is 11.2 Å². The van der Waals surface area contributed by atoms with Crippen molar-refractivity contribution in [1.29, 1.82) is 0 Å². The van der Waals surface area contributed by atoms with Crippen LogP contribution in [0.25, 0.3) is 0 Å². The molecule has 0 aromatic heterocycles. The largest absolute Gasteiger partial charge is 0.460 e. The molecule has 0 aliphatic rings. The number of esters is 2. The Morgan fingerprint density at radius 3 is 1.19 bits per heavy atom. The zero-order chi connectivity index (χ0) is 24.6. The van der Waals surface area contributed by atoms with Gasteiger partial charge in [-0.05, 0) is 55.4 Å². The molecule has 2 amide bonds. The Kier molecular flexibility index (Phi) is 10.7. The molecule has 8 heteroatoms. The van der Waals surface area contributed by atoms with Gasteiger partial charge in [-0.25, -0.2) is 0 Å². The first kappa shape index (κ1) is 28.4. The Labute approximate surface area is 186 Å². The molecule has 8 nitrogen and oxygen atoms in total. The zero-order valence-electron chi connectivity index (χ0n) is 20.3. The average molecular weight is 439 g/mol. The molecule has 0 aromatic carbocycles. The van der Waals surface area contributed by atoms with Crippen LogP contribution < -0.4 is 0 Å². The predicted molar refractivity (Wildman–Crippen MR) is 119 cm³/mol. The summed E-state index contributed by atoms with van der Waals surface area (Å²) in [6.07, 6.45) is -0.0884. The van der Waals surface area contributed by atoms with E-state index in [4.69, 9.17) is 9.47 Å². The number of amides is 2. The number of hydrogen-bond acceptors (Lipinski definition) is 6. The smallest absolute Gasteiger partial charge is 0.308 e. The van der Waals surface area contributed by atoms with Gasteiger partial charge in [0.05, 0.1) is 19.5 Å². The maximum absolute atomic E-state index is 12.6. The third-order valence-corrected chi connectivity index (χ3v) is 3.66. The fraction of sp³-hybridized carbons (Fsp3) is 0.652. The molecule has 0 radical (unpaired) electrons. The number of ether oxygens (including phenoxy) is 2. The highest BCUT2D eigenvalue weighted by atomic mass is 16.6. The van der Waals surface area contributed by atoms with Crippen molar-refractivity contribution in [3.8, 4) is 0 Å². The molecule has 0 aromatic rings. The van der Waals surface area contributed by atoms with Gasteiger partial charge in [-0.3, -0.25) is 19.2 Å². The summed E-state index contributed by atoms with van der Waals surface area (Å²) in [6.45, 7) is 20.9. The van der Waals surface area contributed by atoms with Crippen LogP contribution >= 0.6 is 0 Å². The summed E-state index contributed by atoms with van der Waals surface area (Å²) in [5.41, 5.74) is -0.760. The average Bonchev–Trinajstić information content (AvgIpc) is 2.56. The molecule has 0 spiro atoms. The molecule has 0 N–H and O–H groups in total. The number of nitrogens with zero attached hydrogens (tertiary/aromatic N) is 2. The van der Waals surface area contributed by atoms with Crippen molar-refractivity contribution in [2.24, 2.45) is 0 Å². The summed E-state index contributed by atoms with van der Waals surface area (Å²) >= 11 is 0. The summed E-state index contributed by atoms with van der Waals surface area (Å²) in [6, 6.07) is 0. The highest BCUT2D eigenvalue weighted by molar-refractivity contribution is 5.94. The van der Waals surface area contributed by atoms with Gasteiger partial charge in [0.2, 0.25) is 11.8 Å². The maximum Gasteiger partial charge on any atom is 0.308 e. The van der Waals surface area contributed by atoms with Crippen molar-refractivity contribution in [3.63, 3.8) is 0 Å². The molecule has 0 atom stereocenters. The van der Waals surface area contributed by atoms with Crippen LogP contribution in [0.1, 0.15) is 68.2 Å². The first-order valence-electron chi connectivity index (χ1n) is 10.3. The molecule has 0 aliphatic carbocycles. The van der Waals surface area contributed by atoms with Gasteiger partial charge in [-0.2, -0.15) is 0 Å². The summed E-state index contributed by atoms with van der Waals surface area (Å²) in [5.74, 6) is -1.72. The number of carbonyl (C=O) groups excluding carboxylic acids is 4. The highest BCUT2D eigenvalue weighted by Gasteiger charge is 2.25. The second-order valence-corrected chi connectivity index (χ2v) is 9.51. The molecular weight excluding hydrogens is 400 g/mol. The molecule has 0 rings (SSSR count). The Morgan fingerprint density at radius 2 is 0.968 bits per heavy atom. The Bertz CT molecular complexity index is 653. The van der Waals surface area contributed by atoms with Crippen LogP contribution in [0.3, 0.4) is 0 Å². The minimum absolute atomic E-state index is 0.0347. The van der Waals surface area contributed by atoms with Crippen LogP contribution in [0.4, 0.5) is 0 Å². The van der Waals surface area contributed by atoms with Gasteiger partial charge >= 0.3 is 11.9 Å². The molecule has 176 valence electrons. The number of rotatable bonds is 10. The number of hydrogen-bond donors (Lipinski definition) is 0. The van der Waals surface area contributed by atoms with Crippen molar-refractivity contribution in [1.82, 2.24) is 9.80 Å². The van der Waals surface area contributed by atoms with E-state index >= 15 is 0 Å². The normalized spacial score (nSPS) is 11.4. The van der Waals surface area contributed by atoms with Gasteiger partial charge in [0.15, 0.2) is 0 Å². The fourth-order valence-electron chi connectivity index (χ4n) is 2.46. The lowest BCUT2D eigenvalue weighted by Crippen LogP contribution is -2.46. The molecule has 0 bridgehead atoms. The SMILES string of the molecule is C=C(C)C(=O)N(CCC(=O)OC(C)(C)C)CN(CCC(=O)OC(C)(C)C)C(=O)C(=C)C. The van der Waals surface area contributed by atoms with Crippen LogP contribution in [0.15, 0.2) is 24.3 Å². The van der Waals surface area contributed by atoms with Crippen molar-refractivity contribution in [3.05, 3.63) is 24.3 Å². The molecular formula is C23H38N2O6. The van der Waals surface area contributed by atoms with E-state index in [2.05, 4.69) is 13.2 Å². The second kappa shape index (κ2) is 11.7. The molecule has 0 saturated carbocycles. The van der Waals surface area contributed by atoms with E-state index in [0.29, 0.717) is 0 Å². The third-order valence-electron chi connectivity index (χ3n) is 3.66. The molecule has 0 saturated heterocycles. The minimum atomic E-state index is -0.643. The first-order chi connectivity index (χ1) is 13.9. The van der Waals surface area contributed by atoms with Gasteiger partial charge in [-0.1, -0.05) is 13.2 Å². The van der Waals surface area contributed by atoms with Crippen LogP contribution in [0, 0.1) is 0 Å². The van der Waals surface area contributed by atoms with Crippen LogP contribution in [-0.2, 0) is 28.7 Å². The van der Waals surface area contributed by atoms with E-state index in [1.54, 1.807) is 55.4 Å². The van der Waals surface area contributed by atoms with E-state index in [1.807, 2.05) is 0 Å². The Hall–Kier alpha value is -2.64. The zero-order valence-corrected chi connectivity index (χ0v) is 20.3. The monoisotopic (exact) mass is 438 g/mol. The maximum atomic E-state index is 12.6. The Morgan fingerprint density at radius 1 is 0.677 bits per heavy atom. The van der Waals surface area contributed by atoms with Crippen molar-refractivity contribution < 1.29 is 28.7 Å². The standard InChI is InChI=1S/C23H38N2O6/c1-16(2)20(28)24(13-11-18(26)30-22(5,6)7)15-25(21(29)17(3)4)14-12-19(27)31-23(8,9)10/h1,3,11-15H2,2,4-10H3. The van der Waals surface area contributed by atoms with Crippen LogP contribution in [0.2, 0.25) is 0 Å². The second-order valence-electron chi connectivity index (χ2n) is 9.51. The fourth-order valence-corrected chi connectivity index (χ4v) is 2.46. The number of carbonyl (C=O) groups is 4. The molecule has 0 aliphatic heterocycles. The lowest BCUT2D eigenvalue weighted by atomic mass is 10.2. The van der Waals surface area contributed by atoms with E-state index in [-0.39, 0.29) is 43.7 Å². The van der Waals surface area contributed by atoms with Crippen LogP contribution in [0.5, 0.6) is 0 Å². The topological polar surface area (TPSA) is 93.2 Å². The highest BCUT2D eigenvalue weighted by Crippen LogP contribution is 2.12. The summed E-state index contributed by atoms with van der Waals surface area (Å²) < 4.78 is 10.6. The lowest BCUT2D eigenvalue weighted by molar-refractivity contribution is -0.156. The molecule has 31 heavy (non-hydrogen) atoms. The lowest BCUT2D eigenvalue weighted by Gasteiger charge is -2.31. The first-order valence-corrected chi connectivity index (χ1v) is 10.3. The van der Waals surface area contributed by atoms with Crippen molar-refractivity contribution in [2.45, 2.75) is 79.4 Å².